The number of carbonyl (C=O) groups is 1. The van der Waals surface area contributed by atoms with E-state index < -0.39 is 0 Å². The minimum Gasteiger partial charge on any atom is -0.317 e. The van der Waals surface area contributed by atoms with Gasteiger partial charge >= 0.3 is 0 Å². The molecular formula is C17H30N4O. The largest absolute Gasteiger partial charge is 0.317 e. The molecule has 1 aromatic heterocycles. The summed E-state index contributed by atoms with van der Waals surface area (Å²) in [7, 11) is 1.88. The lowest BCUT2D eigenvalue weighted by atomic mass is 9.91. The van der Waals surface area contributed by atoms with E-state index in [4.69, 9.17) is 0 Å². The Bertz CT molecular complexity index is 495. The lowest BCUT2D eigenvalue weighted by molar-refractivity contribution is -0.116. The van der Waals surface area contributed by atoms with Gasteiger partial charge in [0, 0.05) is 19.5 Å². The number of piperidine rings is 1. The molecule has 5 heteroatoms. The average Bonchev–Trinajstić information content (AvgIpc) is 2.75. The minimum atomic E-state index is 0.101. The van der Waals surface area contributed by atoms with Crippen LogP contribution in [-0.2, 0) is 18.3 Å². The van der Waals surface area contributed by atoms with Gasteiger partial charge in [-0.15, -0.1) is 0 Å². The monoisotopic (exact) mass is 306 g/mol. The Labute approximate surface area is 133 Å². The van der Waals surface area contributed by atoms with Crippen LogP contribution in [0.25, 0.3) is 0 Å². The number of rotatable bonds is 5. The molecule has 0 unspecified atom stereocenters. The normalized spacial score (nSPS) is 16.7. The molecule has 1 saturated heterocycles. The molecule has 1 aliphatic heterocycles. The van der Waals surface area contributed by atoms with Crippen LogP contribution >= 0.6 is 0 Å². The fourth-order valence-electron chi connectivity index (χ4n) is 2.98. The van der Waals surface area contributed by atoms with Crippen molar-refractivity contribution in [2.24, 2.45) is 18.4 Å². The first-order chi connectivity index (χ1) is 10.3. The zero-order valence-electron chi connectivity index (χ0n) is 14.4. The van der Waals surface area contributed by atoms with Gasteiger partial charge in [0.2, 0.25) is 5.91 Å². The fourth-order valence-corrected chi connectivity index (χ4v) is 2.98. The number of anilines is 1. The molecule has 0 radical (unpaired) electrons. The van der Waals surface area contributed by atoms with Crippen molar-refractivity contribution >= 4 is 11.7 Å². The lowest BCUT2D eigenvalue weighted by Gasteiger charge is -2.22. The molecule has 1 fully saturated rings. The molecule has 0 aliphatic carbocycles. The summed E-state index contributed by atoms with van der Waals surface area (Å²) in [4.78, 5) is 12.1. The SMILES string of the molecule is Cn1nc(CC(C)(C)C)cc1NC(=O)CCC1CCNCC1. The maximum Gasteiger partial charge on any atom is 0.225 e. The van der Waals surface area contributed by atoms with Crippen LogP contribution in [0.4, 0.5) is 5.82 Å². The third-order valence-corrected chi connectivity index (χ3v) is 4.15. The molecule has 0 spiro atoms. The summed E-state index contributed by atoms with van der Waals surface area (Å²) in [6.07, 6.45) is 4.87. The molecule has 5 nitrogen and oxygen atoms in total. The van der Waals surface area contributed by atoms with Gasteiger partial charge in [-0.05, 0) is 50.1 Å². The number of carbonyl (C=O) groups excluding carboxylic acids is 1. The molecule has 2 heterocycles. The van der Waals surface area contributed by atoms with E-state index in [0.29, 0.717) is 12.3 Å². The second-order valence-electron chi connectivity index (χ2n) is 7.66. The molecule has 2 N–H and O–H groups in total. The predicted octanol–water partition coefficient (Wildman–Crippen LogP) is 2.73. The second-order valence-corrected chi connectivity index (χ2v) is 7.66. The van der Waals surface area contributed by atoms with Gasteiger partial charge in [-0.1, -0.05) is 20.8 Å². The molecule has 0 atom stereocenters. The highest BCUT2D eigenvalue weighted by Gasteiger charge is 2.17. The Balaban J connectivity index is 1.83. The van der Waals surface area contributed by atoms with Crippen molar-refractivity contribution < 1.29 is 4.79 Å². The van der Waals surface area contributed by atoms with E-state index in [-0.39, 0.29) is 11.3 Å². The van der Waals surface area contributed by atoms with Crippen LogP contribution in [0.5, 0.6) is 0 Å². The number of hydrogen-bond acceptors (Lipinski definition) is 3. The first-order valence-electron chi connectivity index (χ1n) is 8.37. The van der Waals surface area contributed by atoms with Gasteiger partial charge < -0.3 is 10.6 Å². The molecule has 0 bridgehead atoms. The number of amides is 1. The van der Waals surface area contributed by atoms with Gasteiger partial charge in [0.15, 0.2) is 0 Å². The Morgan fingerprint density at radius 1 is 1.41 bits per heavy atom. The molecule has 124 valence electrons. The third-order valence-electron chi connectivity index (χ3n) is 4.15. The van der Waals surface area contributed by atoms with Crippen LogP contribution in [0.3, 0.4) is 0 Å². The van der Waals surface area contributed by atoms with Gasteiger partial charge in [0.1, 0.15) is 5.82 Å². The maximum absolute atomic E-state index is 12.1. The zero-order chi connectivity index (χ0) is 16.2. The fraction of sp³-hybridized carbons (Fsp3) is 0.765. The van der Waals surface area contributed by atoms with E-state index in [1.165, 1.54) is 12.8 Å². The molecule has 1 amide bonds. The summed E-state index contributed by atoms with van der Waals surface area (Å²) in [6, 6.07) is 1.99. The zero-order valence-corrected chi connectivity index (χ0v) is 14.4. The van der Waals surface area contributed by atoms with E-state index in [1.807, 2.05) is 13.1 Å². The standard InChI is InChI=1S/C17H30N4O/c1-17(2,3)12-14-11-15(21(4)20-14)19-16(22)6-5-13-7-9-18-10-8-13/h11,13,18H,5-10,12H2,1-4H3,(H,19,22). The van der Waals surface area contributed by atoms with E-state index in [0.717, 1.165) is 37.4 Å². The van der Waals surface area contributed by atoms with Gasteiger partial charge in [-0.3, -0.25) is 9.48 Å². The average molecular weight is 306 g/mol. The Kier molecular flexibility index (Phi) is 5.62. The van der Waals surface area contributed by atoms with Crippen molar-refractivity contribution in [3.63, 3.8) is 0 Å². The summed E-state index contributed by atoms with van der Waals surface area (Å²) in [5, 5.41) is 10.9. The number of hydrogen-bond donors (Lipinski definition) is 2. The van der Waals surface area contributed by atoms with E-state index >= 15 is 0 Å². The highest BCUT2D eigenvalue weighted by molar-refractivity contribution is 5.89. The van der Waals surface area contributed by atoms with Crippen molar-refractivity contribution in [2.75, 3.05) is 18.4 Å². The van der Waals surface area contributed by atoms with Gasteiger partial charge in [0.25, 0.3) is 0 Å². The Morgan fingerprint density at radius 2 is 2.09 bits per heavy atom. The van der Waals surface area contributed by atoms with Gasteiger partial charge in [-0.2, -0.15) is 5.10 Å². The number of aryl methyl sites for hydroxylation is 1. The van der Waals surface area contributed by atoms with Crippen molar-refractivity contribution in [1.82, 2.24) is 15.1 Å². The summed E-state index contributed by atoms with van der Waals surface area (Å²) < 4.78 is 1.77. The quantitative estimate of drug-likeness (QED) is 0.879. The van der Waals surface area contributed by atoms with E-state index in [1.54, 1.807) is 4.68 Å². The highest BCUT2D eigenvalue weighted by atomic mass is 16.1. The van der Waals surface area contributed by atoms with Crippen LogP contribution in [0, 0.1) is 11.3 Å². The molecule has 22 heavy (non-hydrogen) atoms. The van der Waals surface area contributed by atoms with E-state index in [2.05, 4.69) is 36.5 Å². The molecule has 2 rings (SSSR count). The number of nitrogens with one attached hydrogen (secondary N) is 2. The van der Waals surface area contributed by atoms with Crippen LogP contribution in [-0.4, -0.2) is 28.8 Å². The molecule has 0 aromatic carbocycles. The summed E-state index contributed by atoms with van der Waals surface area (Å²) >= 11 is 0. The summed E-state index contributed by atoms with van der Waals surface area (Å²) in [5.74, 6) is 1.59. The topological polar surface area (TPSA) is 59.0 Å². The smallest absolute Gasteiger partial charge is 0.225 e. The third kappa shape index (κ3) is 5.44. The summed E-state index contributed by atoms with van der Waals surface area (Å²) in [6.45, 7) is 8.76. The lowest BCUT2D eigenvalue weighted by Crippen LogP contribution is -2.28. The Morgan fingerprint density at radius 3 is 2.73 bits per heavy atom. The predicted molar refractivity (Wildman–Crippen MR) is 89.8 cm³/mol. The second kappa shape index (κ2) is 7.27. The van der Waals surface area contributed by atoms with Gasteiger partial charge in [-0.25, -0.2) is 0 Å². The van der Waals surface area contributed by atoms with Crippen LogP contribution < -0.4 is 10.6 Å². The maximum atomic E-state index is 12.1. The molecule has 1 aromatic rings. The van der Waals surface area contributed by atoms with E-state index in [9.17, 15) is 4.79 Å². The first kappa shape index (κ1) is 17.0. The highest BCUT2D eigenvalue weighted by Crippen LogP contribution is 2.22. The van der Waals surface area contributed by atoms with Gasteiger partial charge in [0.05, 0.1) is 5.69 Å². The van der Waals surface area contributed by atoms with Crippen molar-refractivity contribution in [2.45, 2.75) is 52.9 Å². The first-order valence-corrected chi connectivity index (χ1v) is 8.37. The minimum absolute atomic E-state index is 0.101. The number of nitrogens with zero attached hydrogens (tertiary/aromatic N) is 2. The van der Waals surface area contributed by atoms with Crippen LogP contribution in [0.15, 0.2) is 6.07 Å². The Hall–Kier alpha value is -1.36. The van der Waals surface area contributed by atoms with Crippen molar-refractivity contribution in [3.8, 4) is 0 Å². The van der Waals surface area contributed by atoms with Crippen LogP contribution in [0.2, 0.25) is 0 Å². The van der Waals surface area contributed by atoms with Crippen molar-refractivity contribution in [1.29, 1.82) is 0 Å². The summed E-state index contributed by atoms with van der Waals surface area (Å²) in [5.41, 5.74) is 1.23. The molecule has 1 aliphatic rings. The van der Waals surface area contributed by atoms with Crippen LogP contribution in [0.1, 0.15) is 52.1 Å². The van der Waals surface area contributed by atoms with Crippen molar-refractivity contribution in [3.05, 3.63) is 11.8 Å². The molecular weight excluding hydrogens is 276 g/mol. The molecule has 0 saturated carbocycles. The number of aromatic nitrogens is 2.